The van der Waals surface area contributed by atoms with E-state index >= 15 is 0 Å². The smallest absolute Gasteiger partial charge is 0.0297 e. The van der Waals surface area contributed by atoms with E-state index in [0.29, 0.717) is 12.1 Å². The molecule has 2 atom stereocenters. The Morgan fingerprint density at radius 1 is 1.50 bits per heavy atom. The van der Waals surface area contributed by atoms with Gasteiger partial charge in [-0.1, -0.05) is 30.3 Å². The third-order valence-corrected chi connectivity index (χ3v) is 2.92. The van der Waals surface area contributed by atoms with Crippen LogP contribution in [0.4, 0.5) is 0 Å². The molecular formula is C13H17N. The molecule has 1 heterocycles. The van der Waals surface area contributed by atoms with Gasteiger partial charge in [0.25, 0.3) is 0 Å². The van der Waals surface area contributed by atoms with E-state index in [1.165, 1.54) is 11.1 Å². The van der Waals surface area contributed by atoms with Gasteiger partial charge in [0, 0.05) is 12.1 Å². The molecule has 1 aliphatic heterocycles. The molecule has 1 aliphatic rings. The highest BCUT2D eigenvalue weighted by molar-refractivity contribution is 5.32. The maximum atomic E-state index is 3.80. The van der Waals surface area contributed by atoms with Crippen molar-refractivity contribution in [3.05, 3.63) is 48.0 Å². The summed E-state index contributed by atoms with van der Waals surface area (Å²) in [7, 11) is 0. The third kappa shape index (κ3) is 1.73. The van der Waals surface area contributed by atoms with Crippen LogP contribution in [0.2, 0.25) is 0 Å². The van der Waals surface area contributed by atoms with Crippen LogP contribution in [0, 0.1) is 0 Å². The van der Waals surface area contributed by atoms with Crippen LogP contribution in [-0.2, 0) is 6.42 Å². The van der Waals surface area contributed by atoms with Gasteiger partial charge >= 0.3 is 0 Å². The predicted molar refractivity (Wildman–Crippen MR) is 60.3 cm³/mol. The molecule has 0 aromatic heterocycles. The molecule has 2 unspecified atom stereocenters. The minimum absolute atomic E-state index is 0.477. The number of nitrogens with one attached hydrogen (secondary N) is 1. The number of hydrogen-bond donors (Lipinski definition) is 1. The van der Waals surface area contributed by atoms with Crippen molar-refractivity contribution < 1.29 is 0 Å². The fraction of sp³-hybridized carbons (Fsp3) is 0.385. The van der Waals surface area contributed by atoms with Gasteiger partial charge < -0.3 is 5.32 Å². The van der Waals surface area contributed by atoms with Crippen LogP contribution in [0.1, 0.15) is 30.5 Å². The summed E-state index contributed by atoms with van der Waals surface area (Å²) in [6.45, 7) is 6.03. The topological polar surface area (TPSA) is 12.0 Å². The lowest BCUT2D eigenvalue weighted by Gasteiger charge is -2.30. The van der Waals surface area contributed by atoms with Crippen molar-refractivity contribution in [1.29, 1.82) is 0 Å². The van der Waals surface area contributed by atoms with E-state index in [4.69, 9.17) is 0 Å². The number of hydrogen-bond acceptors (Lipinski definition) is 1. The maximum Gasteiger partial charge on any atom is 0.0297 e. The number of rotatable bonds is 2. The van der Waals surface area contributed by atoms with Gasteiger partial charge in [-0.3, -0.25) is 0 Å². The fourth-order valence-electron chi connectivity index (χ4n) is 2.26. The highest BCUT2D eigenvalue weighted by atomic mass is 15.0. The van der Waals surface area contributed by atoms with Crippen LogP contribution >= 0.6 is 0 Å². The summed E-state index contributed by atoms with van der Waals surface area (Å²) in [6.07, 6.45) is 4.18. The lowest BCUT2D eigenvalue weighted by atomic mass is 9.90. The Morgan fingerprint density at radius 2 is 2.29 bits per heavy atom. The average Bonchev–Trinajstić information content (AvgIpc) is 2.18. The lowest BCUT2D eigenvalue weighted by molar-refractivity contribution is 0.424. The molecule has 0 aliphatic carbocycles. The highest BCUT2D eigenvalue weighted by Gasteiger charge is 2.21. The molecule has 1 heteroatoms. The minimum atomic E-state index is 0.477. The van der Waals surface area contributed by atoms with Crippen molar-refractivity contribution in [2.75, 3.05) is 0 Å². The van der Waals surface area contributed by atoms with Gasteiger partial charge in [-0.15, -0.1) is 6.58 Å². The zero-order chi connectivity index (χ0) is 9.97. The Morgan fingerprint density at radius 3 is 3.07 bits per heavy atom. The molecule has 0 fully saturated rings. The fourth-order valence-corrected chi connectivity index (χ4v) is 2.26. The van der Waals surface area contributed by atoms with E-state index in [2.05, 4.69) is 43.1 Å². The number of fused-ring (bicyclic) bond motifs is 1. The van der Waals surface area contributed by atoms with Gasteiger partial charge in [0.2, 0.25) is 0 Å². The van der Waals surface area contributed by atoms with Gasteiger partial charge in [-0.25, -0.2) is 0 Å². The Balaban J connectivity index is 2.24. The van der Waals surface area contributed by atoms with Crippen LogP contribution in [0.5, 0.6) is 0 Å². The largest absolute Gasteiger partial charge is 0.307 e. The Labute approximate surface area is 85.8 Å². The first kappa shape index (κ1) is 9.47. The predicted octanol–water partition coefficient (Wildman–Crippen LogP) is 2.84. The van der Waals surface area contributed by atoms with Crippen LogP contribution in [0.3, 0.4) is 0 Å². The second kappa shape index (κ2) is 3.97. The molecule has 1 aromatic carbocycles. The van der Waals surface area contributed by atoms with E-state index in [1.54, 1.807) is 0 Å². The monoisotopic (exact) mass is 187 g/mol. The van der Waals surface area contributed by atoms with Crippen LogP contribution in [0.25, 0.3) is 0 Å². The van der Waals surface area contributed by atoms with Crippen molar-refractivity contribution in [2.45, 2.75) is 31.8 Å². The van der Waals surface area contributed by atoms with Crippen molar-refractivity contribution >= 4 is 0 Å². The summed E-state index contributed by atoms with van der Waals surface area (Å²) in [5, 5.41) is 3.60. The zero-order valence-corrected chi connectivity index (χ0v) is 8.66. The molecule has 1 aromatic rings. The quantitative estimate of drug-likeness (QED) is 0.702. The molecule has 0 saturated carbocycles. The van der Waals surface area contributed by atoms with E-state index in [1.807, 2.05) is 6.08 Å². The summed E-state index contributed by atoms with van der Waals surface area (Å²) < 4.78 is 0. The number of benzene rings is 1. The standard InChI is InChI=1S/C13H17N/c1-3-6-12-9-11-7-4-5-8-13(11)10(2)14-12/h3-5,7-8,10,12,14H,1,6,9H2,2H3. The summed E-state index contributed by atoms with van der Waals surface area (Å²) in [5.41, 5.74) is 2.94. The molecule has 74 valence electrons. The van der Waals surface area contributed by atoms with E-state index in [9.17, 15) is 0 Å². The van der Waals surface area contributed by atoms with Crippen molar-refractivity contribution in [3.8, 4) is 0 Å². The molecule has 1 N–H and O–H groups in total. The third-order valence-electron chi connectivity index (χ3n) is 2.92. The lowest BCUT2D eigenvalue weighted by Crippen LogP contribution is -2.37. The minimum Gasteiger partial charge on any atom is -0.307 e. The zero-order valence-electron chi connectivity index (χ0n) is 8.66. The van der Waals surface area contributed by atoms with Crippen molar-refractivity contribution in [1.82, 2.24) is 5.32 Å². The summed E-state index contributed by atoms with van der Waals surface area (Å²) in [6, 6.07) is 9.74. The van der Waals surface area contributed by atoms with Gasteiger partial charge in [0.05, 0.1) is 0 Å². The Kier molecular flexibility index (Phi) is 2.69. The summed E-state index contributed by atoms with van der Waals surface area (Å²) in [5.74, 6) is 0. The average molecular weight is 187 g/mol. The Hall–Kier alpha value is -1.08. The maximum absolute atomic E-state index is 3.80. The van der Waals surface area contributed by atoms with Gasteiger partial charge in [-0.2, -0.15) is 0 Å². The van der Waals surface area contributed by atoms with Crippen LogP contribution in [0.15, 0.2) is 36.9 Å². The first-order valence-electron chi connectivity index (χ1n) is 5.26. The highest BCUT2D eigenvalue weighted by Crippen LogP contribution is 2.25. The second-order valence-electron chi connectivity index (χ2n) is 4.01. The molecular weight excluding hydrogens is 170 g/mol. The SMILES string of the molecule is C=CCC1Cc2ccccc2C(C)N1. The molecule has 2 rings (SSSR count). The van der Waals surface area contributed by atoms with Gasteiger partial charge in [0.15, 0.2) is 0 Å². The first-order valence-corrected chi connectivity index (χ1v) is 5.26. The molecule has 14 heavy (non-hydrogen) atoms. The second-order valence-corrected chi connectivity index (χ2v) is 4.01. The first-order chi connectivity index (χ1) is 6.81. The summed E-state index contributed by atoms with van der Waals surface area (Å²) in [4.78, 5) is 0. The van der Waals surface area contributed by atoms with Gasteiger partial charge in [0.1, 0.15) is 0 Å². The normalized spacial score (nSPS) is 25.5. The van der Waals surface area contributed by atoms with Crippen molar-refractivity contribution in [3.63, 3.8) is 0 Å². The van der Waals surface area contributed by atoms with E-state index in [-0.39, 0.29) is 0 Å². The molecule has 0 saturated heterocycles. The Bertz CT molecular complexity index is 330. The molecule has 0 bridgehead atoms. The molecule has 1 nitrogen and oxygen atoms in total. The van der Waals surface area contributed by atoms with E-state index < -0.39 is 0 Å². The molecule has 0 amide bonds. The van der Waals surface area contributed by atoms with Crippen LogP contribution < -0.4 is 5.32 Å². The van der Waals surface area contributed by atoms with Gasteiger partial charge in [-0.05, 0) is 30.9 Å². The molecule has 0 radical (unpaired) electrons. The van der Waals surface area contributed by atoms with Crippen molar-refractivity contribution in [2.24, 2.45) is 0 Å². The molecule has 0 spiro atoms. The summed E-state index contributed by atoms with van der Waals surface area (Å²) >= 11 is 0. The van der Waals surface area contributed by atoms with E-state index in [0.717, 1.165) is 12.8 Å². The van der Waals surface area contributed by atoms with Crippen LogP contribution in [-0.4, -0.2) is 6.04 Å².